The van der Waals surface area contributed by atoms with Crippen molar-refractivity contribution < 1.29 is 4.58 Å². The van der Waals surface area contributed by atoms with Crippen molar-refractivity contribution in [3.63, 3.8) is 0 Å². The number of rotatable bonds is 3. The zero-order valence-electron chi connectivity index (χ0n) is 14.1. The Morgan fingerprint density at radius 3 is 2.33 bits per heavy atom. The minimum Gasteiger partial charge on any atom is -0.193 e. The summed E-state index contributed by atoms with van der Waals surface area (Å²) in [6.07, 6.45) is 8.48. The standard InChI is InChI=1S/C20H28N/c1-7-15-21-18(8-2)16-13-11-12-14-17(16)19(5,9-3)20(21,6)10-4/h7-8,11-15H,1,9-10H2,2-6H3/q+1. The molecule has 2 unspecified atom stereocenters. The van der Waals surface area contributed by atoms with Gasteiger partial charge in [-0.1, -0.05) is 38.6 Å². The van der Waals surface area contributed by atoms with Gasteiger partial charge in [0.1, 0.15) is 0 Å². The van der Waals surface area contributed by atoms with Crippen molar-refractivity contribution in [2.75, 3.05) is 0 Å². The highest BCUT2D eigenvalue weighted by atomic mass is 15.1. The van der Waals surface area contributed by atoms with Crippen LogP contribution >= 0.6 is 0 Å². The highest BCUT2D eigenvalue weighted by Gasteiger charge is 2.57. The van der Waals surface area contributed by atoms with Crippen LogP contribution in [-0.4, -0.2) is 16.3 Å². The fourth-order valence-electron chi connectivity index (χ4n) is 3.92. The number of allylic oxidation sites excluding steroid dienone is 2. The van der Waals surface area contributed by atoms with Gasteiger partial charge in [0.2, 0.25) is 5.70 Å². The molecular formula is C20H28N+. The summed E-state index contributed by atoms with van der Waals surface area (Å²) in [6, 6.07) is 8.86. The van der Waals surface area contributed by atoms with E-state index in [-0.39, 0.29) is 11.0 Å². The van der Waals surface area contributed by atoms with Gasteiger partial charge in [-0.15, -0.1) is 0 Å². The van der Waals surface area contributed by atoms with E-state index in [1.165, 1.54) is 16.8 Å². The number of fused-ring (bicyclic) bond motifs is 1. The first-order chi connectivity index (χ1) is 10.00. The third kappa shape index (κ3) is 2.02. The Balaban J connectivity index is 2.90. The minimum atomic E-state index is 0.0478. The van der Waals surface area contributed by atoms with Crippen LogP contribution in [-0.2, 0) is 5.41 Å². The fraction of sp³-hybridized carbons (Fsp3) is 0.450. The highest BCUT2D eigenvalue weighted by molar-refractivity contribution is 5.74. The van der Waals surface area contributed by atoms with E-state index in [9.17, 15) is 0 Å². The molecule has 1 heterocycles. The number of nitrogens with zero attached hydrogens (tertiary/aromatic N) is 1. The average molecular weight is 282 g/mol. The molecule has 0 aromatic heterocycles. The van der Waals surface area contributed by atoms with Crippen molar-refractivity contribution in [3.8, 4) is 0 Å². The van der Waals surface area contributed by atoms with E-state index in [1.54, 1.807) is 0 Å². The van der Waals surface area contributed by atoms with E-state index in [1.807, 2.05) is 6.08 Å². The van der Waals surface area contributed by atoms with Crippen LogP contribution in [0.25, 0.3) is 5.70 Å². The topological polar surface area (TPSA) is 3.01 Å². The number of hydrogen-bond donors (Lipinski definition) is 0. The van der Waals surface area contributed by atoms with Gasteiger partial charge in [0.05, 0.1) is 5.41 Å². The second-order valence-corrected chi connectivity index (χ2v) is 6.29. The van der Waals surface area contributed by atoms with Gasteiger partial charge in [-0.25, -0.2) is 0 Å². The van der Waals surface area contributed by atoms with Crippen LogP contribution in [0, 0.1) is 0 Å². The maximum absolute atomic E-state index is 3.93. The monoisotopic (exact) mass is 282 g/mol. The van der Waals surface area contributed by atoms with E-state index in [4.69, 9.17) is 0 Å². The van der Waals surface area contributed by atoms with Crippen LogP contribution < -0.4 is 0 Å². The Kier molecular flexibility index (Phi) is 4.22. The number of hydrogen-bond acceptors (Lipinski definition) is 0. The third-order valence-electron chi connectivity index (χ3n) is 5.70. The average Bonchev–Trinajstić information content (AvgIpc) is 2.52. The predicted molar refractivity (Wildman–Crippen MR) is 93.0 cm³/mol. The molecule has 0 radical (unpaired) electrons. The largest absolute Gasteiger partial charge is 0.208 e. The van der Waals surface area contributed by atoms with E-state index in [0.29, 0.717) is 0 Å². The Morgan fingerprint density at radius 1 is 1.14 bits per heavy atom. The Bertz CT molecular complexity index is 608. The second-order valence-electron chi connectivity index (χ2n) is 6.29. The fourth-order valence-corrected chi connectivity index (χ4v) is 3.92. The van der Waals surface area contributed by atoms with Gasteiger partial charge in [-0.3, -0.25) is 0 Å². The summed E-state index contributed by atoms with van der Waals surface area (Å²) >= 11 is 0. The van der Waals surface area contributed by atoms with Gasteiger partial charge in [-0.05, 0) is 44.1 Å². The smallest absolute Gasteiger partial charge is 0.193 e. The maximum atomic E-state index is 3.93. The first-order valence-electron chi connectivity index (χ1n) is 8.01. The molecule has 1 heteroatoms. The van der Waals surface area contributed by atoms with E-state index in [2.05, 4.69) is 82.3 Å². The summed E-state index contributed by atoms with van der Waals surface area (Å²) < 4.78 is 2.44. The van der Waals surface area contributed by atoms with Crippen molar-refractivity contribution in [2.24, 2.45) is 0 Å². The molecule has 0 spiro atoms. The zero-order chi connectivity index (χ0) is 15.7. The molecule has 1 aliphatic heterocycles. The summed E-state index contributed by atoms with van der Waals surface area (Å²) in [6.45, 7) is 15.4. The van der Waals surface area contributed by atoms with Gasteiger partial charge in [0.15, 0.2) is 11.8 Å². The molecule has 2 rings (SSSR count). The first kappa shape index (κ1) is 15.8. The highest BCUT2D eigenvalue weighted by Crippen LogP contribution is 2.50. The van der Waals surface area contributed by atoms with Gasteiger partial charge < -0.3 is 0 Å². The molecule has 1 aromatic carbocycles. The van der Waals surface area contributed by atoms with Crippen molar-refractivity contribution >= 4 is 11.9 Å². The van der Waals surface area contributed by atoms with E-state index in [0.717, 1.165) is 12.8 Å². The minimum absolute atomic E-state index is 0.0478. The summed E-state index contributed by atoms with van der Waals surface area (Å²) in [5, 5.41) is 0. The van der Waals surface area contributed by atoms with E-state index < -0.39 is 0 Å². The summed E-state index contributed by atoms with van der Waals surface area (Å²) in [4.78, 5) is 0. The molecule has 0 bridgehead atoms. The molecule has 0 saturated heterocycles. The van der Waals surface area contributed by atoms with Gasteiger partial charge in [0.25, 0.3) is 0 Å². The zero-order valence-corrected chi connectivity index (χ0v) is 14.1. The summed E-state index contributed by atoms with van der Waals surface area (Å²) in [5.41, 5.74) is 4.28. The van der Waals surface area contributed by atoms with Crippen molar-refractivity contribution in [1.29, 1.82) is 0 Å². The molecule has 0 saturated carbocycles. The predicted octanol–water partition coefficient (Wildman–Crippen LogP) is 5.17. The summed E-state index contributed by atoms with van der Waals surface area (Å²) in [5.74, 6) is 0. The Morgan fingerprint density at radius 2 is 1.81 bits per heavy atom. The Hall–Kier alpha value is -1.63. The normalized spacial score (nSPS) is 32.2. The molecule has 1 aromatic rings. The van der Waals surface area contributed by atoms with Crippen LogP contribution in [0.2, 0.25) is 0 Å². The Labute approximate surface area is 129 Å². The molecule has 21 heavy (non-hydrogen) atoms. The molecule has 112 valence electrons. The second kappa shape index (κ2) is 5.63. The first-order valence-corrected chi connectivity index (χ1v) is 8.01. The van der Waals surface area contributed by atoms with Gasteiger partial charge >= 0.3 is 0 Å². The third-order valence-corrected chi connectivity index (χ3v) is 5.70. The van der Waals surface area contributed by atoms with Gasteiger partial charge in [0, 0.05) is 18.9 Å². The van der Waals surface area contributed by atoms with Crippen LogP contribution in [0.5, 0.6) is 0 Å². The molecule has 1 nitrogen and oxygen atoms in total. The molecule has 0 N–H and O–H groups in total. The molecule has 1 aliphatic rings. The van der Waals surface area contributed by atoms with Crippen LogP contribution in [0.15, 0.2) is 43.0 Å². The molecule has 0 fully saturated rings. The van der Waals surface area contributed by atoms with Crippen LogP contribution in [0.1, 0.15) is 58.6 Å². The molecular weight excluding hydrogens is 254 g/mol. The number of benzene rings is 1. The lowest BCUT2D eigenvalue weighted by Gasteiger charge is -2.47. The maximum Gasteiger partial charge on any atom is 0.208 e. The lowest BCUT2D eigenvalue weighted by atomic mass is 9.60. The molecule has 0 amide bonds. The van der Waals surface area contributed by atoms with Crippen molar-refractivity contribution in [1.82, 2.24) is 0 Å². The SMILES string of the molecule is C=CC=[N+]1C(=CC)c2ccccc2C(C)(CC)C1(C)CC. The lowest BCUT2D eigenvalue weighted by molar-refractivity contribution is -0.539. The van der Waals surface area contributed by atoms with Crippen LogP contribution in [0.4, 0.5) is 0 Å². The van der Waals surface area contributed by atoms with E-state index >= 15 is 0 Å². The van der Waals surface area contributed by atoms with Crippen molar-refractivity contribution in [3.05, 3.63) is 54.1 Å². The molecule has 0 aliphatic carbocycles. The van der Waals surface area contributed by atoms with Crippen LogP contribution in [0.3, 0.4) is 0 Å². The van der Waals surface area contributed by atoms with Gasteiger partial charge in [-0.2, -0.15) is 4.58 Å². The molecule has 2 atom stereocenters. The summed E-state index contributed by atoms with van der Waals surface area (Å²) in [7, 11) is 0. The lowest BCUT2D eigenvalue weighted by Crippen LogP contribution is -2.57. The van der Waals surface area contributed by atoms with Crippen molar-refractivity contribution in [2.45, 2.75) is 58.4 Å². The quantitative estimate of drug-likeness (QED) is 0.673.